The first kappa shape index (κ1) is 17.4. The van der Waals surface area contributed by atoms with Crippen LogP contribution in [0.25, 0.3) is 0 Å². The van der Waals surface area contributed by atoms with E-state index in [4.69, 9.17) is 0 Å². The van der Waals surface area contributed by atoms with Crippen molar-refractivity contribution in [3.05, 3.63) is 48.6 Å². The summed E-state index contributed by atoms with van der Waals surface area (Å²) < 4.78 is 0. The molecule has 16 heavy (non-hydrogen) atoms. The molecule has 0 aromatic rings. The van der Waals surface area contributed by atoms with E-state index in [1.807, 2.05) is 39.8 Å². The molecule has 0 aromatic carbocycles. The Balaban J connectivity index is 0. The van der Waals surface area contributed by atoms with Gasteiger partial charge in [-0.15, -0.1) is 0 Å². The van der Waals surface area contributed by atoms with Crippen LogP contribution in [0, 0.1) is 5.92 Å². The molecule has 0 aromatic heterocycles. The molecule has 0 fully saturated rings. The highest BCUT2D eigenvalue weighted by molar-refractivity contribution is 5.40. The lowest BCUT2D eigenvalue weighted by molar-refractivity contribution is 0.595. The van der Waals surface area contributed by atoms with Gasteiger partial charge in [-0.25, -0.2) is 0 Å². The minimum Gasteiger partial charge on any atom is -0.0988 e. The highest BCUT2D eigenvalue weighted by Gasteiger charge is 2.07. The van der Waals surface area contributed by atoms with Gasteiger partial charge in [0.1, 0.15) is 0 Å². The zero-order valence-electron chi connectivity index (χ0n) is 11.7. The molecule has 0 saturated carbocycles. The van der Waals surface area contributed by atoms with Gasteiger partial charge in [-0.05, 0) is 29.9 Å². The molecule has 0 saturated heterocycles. The van der Waals surface area contributed by atoms with Crippen LogP contribution in [-0.2, 0) is 0 Å². The smallest absolute Gasteiger partial charge is 0.0234 e. The van der Waals surface area contributed by atoms with Crippen LogP contribution in [0.5, 0.6) is 0 Å². The molecular weight excluding hydrogens is 192 g/mol. The van der Waals surface area contributed by atoms with Crippen LogP contribution in [0.2, 0.25) is 0 Å². The van der Waals surface area contributed by atoms with Gasteiger partial charge < -0.3 is 0 Å². The average Bonchev–Trinajstić information content (AvgIpc) is 2.55. The molecule has 92 valence electrons. The number of hydrogen-bond donors (Lipinski definition) is 0. The molecular formula is C16H28. The van der Waals surface area contributed by atoms with E-state index in [2.05, 4.69) is 32.2 Å². The van der Waals surface area contributed by atoms with Gasteiger partial charge in [-0.1, -0.05) is 72.1 Å². The van der Waals surface area contributed by atoms with Gasteiger partial charge >= 0.3 is 0 Å². The summed E-state index contributed by atoms with van der Waals surface area (Å²) in [5.41, 5.74) is 2.56. The Morgan fingerprint density at radius 3 is 2.12 bits per heavy atom. The Kier molecular flexibility index (Phi) is 13.1. The lowest BCUT2D eigenvalue weighted by atomic mass is 9.98. The molecule has 1 unspecified atom stereocenters. The molecule has 0 bridgehead atoms. The minimum absolute atomic E-state index is 0.728. The Bertz CT molecular complexity index is 241. The molecule has 0 heteroatoms. The van der Waals surface area contributed by atoms with E-state index in [0.717, 1.165) is 18.8 Å². The maximum Gasteiger partial charge on any atom is -0.0234 e. The van der Waals surface area contributed by atoms with Crippen LogP contribution in [0.3, 0.4) is 0 Å². The quantitative estimate of drug-likeness (QED) is 0.560. The lowest BCUT2D eigenvalue weighted by Crippen LogP contribution is -1.92. The van der Waals surface area contributed by atoms with E-state index in [9.17, 15) is 0 Å². The van der Waals surface area contributed by atoms with E-state index in [-0.39, 0.29) is 0 Å². The summed E-state index contributed by atoms with van der Waals surface area (Å²) in [5.74, 6) is 0.728. The Morgan fingerprint density at radius 1 is 1.12 bits per heavy atom. The first-order valence-corrected chi connectivity index (χ1v) is 6.42. The predicted molar refractivity (Wildman–Crippen MR) is 77.7 cm³/mol. The molecule has 1 atom stereocenters. The van der Waals surface area contributed by atoms with Crippen LogP contribution in [0.1, 0.15) is 47.5 Å². The topological polar surface area (TPSA) is 0 Å². The van der Waals surface area contributed by atoms with E-state index < -0.39 is 0 Å². The van der Waals surface area contributed by atoms with E-state index in [0.29, 0.717) is 0 Å². The minimum atomic E-state index is 0.728. The van der Waals surface area contributed by atoms with Crippen molar-refractivity contribution in [3.8, 4) is 0 Å². The van der Waals surface area contributed by atoms with E-state index in [1.54, 1.807) is 0 Å². The first-order valence-electron chi connectivity index (χ1n) is 6.42. The summed E-state index contributed by atoms with van der Waals surface area (Å²) in [6.07, 6.45) is 10.5. The van der Waals surface area contributed by atoms with Gasteiger partial charge in [-0.2, -0.15) is 0 Å². The van der Waals surface area contributed by atoms with Crippen molar-refractivity contribution >= 4 is 0 Å². The second kappa shape index (κ2) is 12.0. The summed E-state index contributed by atoms with van der Waals surface area (Å²) in [6, 6.07) is 0. The molecule has 0 spiro atoms. The molecule has 0 radical (unpaired) electrons. The van der Waals surface area contributed by atoms with E-state index in [1.165, 1.54) is 11.1 Å². The SMILES string of the molecule is C=CC1=C(C=C)CC(C)CC=C1.CC.CC. The molecule has 0 aliphatic heterocycles. The molecule has 1 rings (SSSR count). The summed E-state index contributed by atoms with van der Waals surface area (Å²) in [4.78, 5) is 0. The number of rotatable bonds is 2. The van der Waals surface area contributed by atoms with Crippen LogP contribution >= 0.6 is 0 Å². The molecule has 1 aliphatic rings. The van der Waals surface area contributed by atoms with Crippen molar-refractivity contribution in [2.24, 2.45) is 5.92 Å². The van der Waals surface area contributed by atoms with Crippen molar-refractivity contribution in [1.29, 1.82) is 0 Å². The van der Waals surface area contributed by atoms with Gasteiger partial charge in [0.05, 0.1) is 0 Å². The van der Waals surface area contributed by atoms with Gasteiger partial charge in [0.2, 0.25) is 0 Å². The third kappa shape index (κ3) is 6.44. The summed E-state index contributed by atoms with van der Waals surface area (Å²) in [6.45, 7) is 17.9. The fraction of sp³-hybridized carbons (Fsp3) is 0.500. The first-order chi connectivity index (χ1) is 7.77. The lowest BCUT2D eigenvalue weighted by Gasteiger charge is -2.07. The van der Waals surface area contributed by atoms with Gasteiger partial charge in [0.25, 0.3) is 0 Å². The largest absolute Gasteiger partial charge is 0.0988 e. The van der Waals surface area contributed by atoms with Crippen molar-refractivity contribution in [3.63, 3.8) is 0 Å². The van der Waals surface area contributed by atoms with Crippen molar-refractivity contribution in [2.45, 2.75) is 47.5 Å². The van der Waals surface area contributed by atoms with Crippen molar-refractivity contribution in [1.82, 2.24) is 0 Å². The Labute approximate surface area is 102 Å². The molecule has 0 N–H and O–H groups in total. The zero-order valence-corrected chi connectivity index (χ0v) is 11.7. The standard InChI is InChI=1S/C12H16.2C2H6/c1-4-11-8-6-7-10(3)9-12(11)5-2;2*1-2/h4-6,8,10H,1-2,7,9H2,3H3;2*1-2H3. The normalized spacial score (nSPS) is 18.4. The Morgan fingerprint density at radius 2 is 1.69 bits per heavy atom. The highest BCUT2D eigenvalue weighted by Crippen LogP contribution is 2.24. The van der Waals surface area contributed by atoms with Crippen molar-refractivity contribution in [2.75, 3.05) is 0 Å². The second-order valence-corrected chi connectivity index (χ2v) is 3.34. The highest BCUT2D eigenvalue weighted by atomic mass is 14.1. The fourth-order valence-electron chi connectivity index (χ4n) is 1.51. The third-order valence-electron chi connectivity index (χ3n) is 2.24. The Hall–Kier alpha value is -1.04. The second-order valence-electron chi connectivity index (χ2n) is 3.34. The fourth-order valence-corrected chi connectivity index (χ4v) is 1.51. The monoisotopic (exact) mass is 220 g/mol. The number of allylic oxidation sites excluding steroid dienone is 6. The summed E-state index contributed by atoms with van der Waals surface area (Å²) >= 11 is 0. The van der Waals surface area contributed by atoms with Gasteiger partial charge in [-0.3, -0.25) is 0 Å². The predicted octanol–water partition coefficient (Wildman–Crippen LogP) is 5.69. The molecule has 0 amide bonds. The maximum atomic E-state index is 3.82. The van der Waals surface area contributed by atoms with Gasteiger partial charge in [0.15, 0.2) is 0 Å². The summed E-state index contributed by atoms with van der Waals surface area (Å²) in [7, 11) is 0. The van der Waals surface area contributed by atoms with Crippen LogP contribution in [0.15, 0.2) is 48.6 Å². The molecule has 0 nitrogen and oxygen atoms in total. The van der Waals surface area contributed by atoms with Crippen LogP contribution < -0.4 is 0 Å². The van der Waals surface area contributed by atoms with Crippen LogP contribution in [-0.4, -0.2) is 0 Å². The molecule has 0 heterocycles. The third-order valence-corrected chi connectivity index (χ3v) is 2.24. The average molecular weight is 220 g/mol. The number of hydrogen-bond acceptors (Lipinski definition) is 0. The molecule has 1 aliphatic carbocycles. The van der Waals surface area contributed by atoms with E-state index >= 15 is 0 Å². The zero-order chi connectivity index (χ0) is 13.0. The maximum absolute atomic E-state index is 3.82. The summed E-state index contributed by atoms with van der Waals surface area (Å²) in [5, 5.41) is 0. The van der Waals surface area contributed by atoms with Crippen LogP contribution in [0.4, 0.5) is 0 Å². The van der Waals surface area contributed by atoms with Crippen molar-refractivity contribution < 1.29 is 0 Å². The van der Waals surface area contributed by atoms with Gasteiger partial charge in [0, 0.05) is 0 Å².